The van der Waals surface area contributed by atoms with Crippen LogP contribution in [0.5, 0.6) is 5.75 Å². The van der Waals surface area contributed by atoms with Crippen molar-refractivity contribution < 1.29 is 17.3 Å². The van der Waals surface area contributed by atoms with Gasteiger partial charge in [0.2, 0.25) is 0 Å². The fourth-order valence-corrected chi connectivity index (χ4v) is 4.63. The highest BCUT2D eigenvalue weighted by atomic mass is 79.9. The summed E-state index contributed by atoms with van der Waals surface area (Å²) < 4.78 is 34.5. The highest BCUT2D eigenvalue weighted by Crippen LogP contribution is 2.34. The van der Waals surface area contributed by atoms with Crippen molar-refractivity contribution in [3.05, 3.63) is 75.6 Å². The summed E-state index contributed by atoms with van der Waals surface area (Å²) in [6, 6.07) is 18.0. The second-order valence-corrected chi connectivity index (χ2v) is 9.95. The summed E-state index contributed by atoms with van der Waals surface area (Å²) in [6.07, 6.45) is 1.72. The maximum Gasteiger partial charge on any atom is 0.264 e. The van der Waals surface area contributed by atoms with Gasteiger partial charge in [0.25, 0.3) is 10.1 Å². The molecule has 3 aromatic rings. The predicted octanol–water partition coefficient (Wildman–Crippen LogP) is 5.49. The molecule has 7 heteroatoms. The number of rotatable bonds is 8. The van der Waals surface area contributed by atoms with E-state index in [1.165, 1.54) is 4.88 Å². The second kappa shape index (κ2) is 9.22. The topological polar surface area (TPSA) is 52.6 Å². The molecule has 0 radical (unpaired) electrons. The number of thiophene rings is 1. The standard InChI is InChI=1S/C21H21BrO4S2/c1-25-19-8-5-15(6-9-19)17(14-26-28(2,23)24)12-16-13-18(22)7-10-20(16)21-4-3-11-27-21/h3-11,13,17H,12,14H2,1-2H3. The van der Waals surface area contributed by atoms with Crippen LogP contribution in [0.4, 0.5) is 0 Å². The van der Waals surface area contributed by atoms with Gasteiger partial charge in [-0.05, 0) is 58.8 Å². The van der Waals surface area contributed by atoms with E-state index in [9.17, 15) is 8.42 Å². The smallest absolute Gasteiger partial charge is 0.264 e. The Labute approximate surface area is 178 Å². The number of halogens is 1. The van der Waals surface area contributed by atoms with E-state index in [1.807, 2.05) is 36.4 Å². The van der Waals surface area contributed by atoms with Crippen molar-refractivity contribution in [3.63, 3.8) is 0 Å². The Bertz CT molecular complexity index is 1010. The third-order valence-corrected chi connectivity index (χ3v) is 6.35. The summed E-state index contributed by atoms with van der Waals surface area (Å²) in [5.74, 6) is 0.641. The lowest BCUT2D eigenvalue weighted by molar-refractivity contribution is 0.293. The number of methoxy groups -OCH3 is 1. The van der Waals surface area contributed by atoms with Gasteiger partial charge in [-0.15, -0.1) is 11.3 Å². The Morgan fingerprint density at radius 2 is 1.86 bits per heavy atom. The fraction of sp³-hybridized carbons (Fsp3) is 0.238. The Balaban J connectivity index is 1.95. The van der Waals surface area contributed by atoms with Crippen molar-refractivity contribution >= 4 is 37.4 Å². The molecule has 3 rings (SSSR count). The van der Waals surface area contributed by atoms with Crippen LogP contribution < -0.4 is 4.74 Å². The first-order valence-corrected chi connectivity index (χ1v) is 12.2. The third kappa shape index (κ3) is 5.67. The average Bonchev–Trinajstić information content (AvgIpc) is 3.19. The van der Waals surface area contributed by atoms with Gasteiger partial charge < -0.3 is 4.74 Å². The van der Waals surface area contributed by atoms with Crippen LogP contribution in [-0.2, 0) is 20.7 Å². The van der Waals surface area contributed by atoms with Crippen LogP contribution in [0.15, 0.2) is 64.5 Å². The Hall–Kier alpha value is -1.67. The SMILES string of the molecule is COc1ccc(C(COS(C)(=O)=O)Cc2cc(Br)ccc2-c2cccs2)cc1. The molecule has 0 saturated heterocycles. The van der Waals surface area contributed by atoms with Gasteiger partial charge in [-0.1, -0.05) is 40.2 Å². The van der Waals surface area contributed by atoms with Gasteiger partial charge in [0, 0.05) is 15.3 Å². The number of ether oxygens (including phenoxy) is 1. The largest absolute Gasteiger partial charge is 0.497 e. The molecule has 1 aromatic heterocycles. The molecule has 1 unspecified atom stereocenters. The molecule has 0 amide bonds. The number of hydrogen-bond acceptors (Lipinski definition) is 5. The minimum Gasteiger partial charge on any atom is -0.497 e. The quantitative estimate of drug-likeness (QED) is 0.400. The van der Waals surface area contributed by atoms with Gasteiger partial charge >= 0.3 is 0 Å². The van der Waals surface area contributed by atoms with Crippen LogP contribution in [0.25, 0.3) is 10.4 Å². The number of hydrogen-bond donors (Lipinski definition) is 0. The maximum atomic E-state index is 11.6. The van der Waals surface area contributed by atoms with Crippen LogP contribution in [-0.4, -0.2) is 28.4 Å². The molecule has 28 heavy (non-hydrogen) atoms. The molecule has 0 bridgehead atoms. The highest BCUT2D eigenvalue weighted by Gasteiger charge is 2.19. The Kier molecular flexibility index (Phi) is 6.93. The van der Waals surface area contributed by atoms with E-state index in [1.54, 1.807) is 18.4 Å². The van der Waals surface area contributed by atoms with Gasteiger partial charge in [0.1, 0.15) is 5.75 Å². The van der Waals surface area contributed by atoms with Crippen molar-refractivity contribution in [2.75, 3.05) is 20.0 Å². The van der Waals surface area contributed by atoms with Crippen LogP contribution in [0.1, 0.15) is 17.0 Å². The minimum atomic E-state index is -3.53. The van der Waals surface area contributed by atoms with Crippen molar-refractivity contribution in [2.45, 2.75) is 12.3 Å². The minimum absolute atomic E-state index is 0.0849. The summed E-state index contributed by atoms with van der Waals surface area (Å²) in [5, 5.41) is 2.05. The molecule has 148 valence electrons. The Morgan fingerprint density at radius 1 is 1.11 bits per heavy atom. The lowest BCUT2D eigenvalue weighted by Gasteiger charge is -2.19. The molecule has 4 nitrogen and oxygen atoms in total. The van der Waals surface area contributed by atoms with Crippen LogP contribution in [0, 0.1) is 0 Å². The summed E-state index contributed by atoms with van der Waals surface area (Å²) in [7, 11) is -1.91. The van der Waals surface area contributed by atoms with Crippen LogP contribution in [0.2, 0.25) is 0 Å². The van der Waals surface area contributed by atoms with E-state index >= 15 is 0 Å². The van der Waals surface area contributed by atoms with Crippen molar-refractivity contribution in [1.29, 1.82) is 0 Å². The summed E-state index contributed by atoms with van der Waals surface area (Å²) in [4.78, 5) is 1.18. The molecule has 1 atom stereocenters. The van der Waals surface area contributed by atoms with E-state index in [-0.39, 0.29) is 12.5 Å². The predicted molar refractivity (Wildman–Crippen MR) is 118 cm³/mol. The molecule has 0 N–H and O–H groups in total. The molecule has 1 heterocycles. The lowest BCUT2D eigenvalue weighted by atomic mass is 9.90. The summed E-state index contributed by atoms with van der Waals surface area (Å²) in [6.45, 7) is 0.0849. The molecule has 0 aliphatic rings. The van der Waals surface area contributed by atoms with Crippen LogP contribution in [0.3, 0.4) is 0 Å². The van der Waals surface area contributed by atoms with Crippen molar-refractivity contribution in [1.82, 2.24) is 0 Å². The highest BCUT2D eigenvalue weighted by molar-refractivity contribution is 9.10. The normalized spacial score (nSPS) is 12.7. The third-order valence-electron chi connectivity index (χ3n) is 4.39. The molecule has 2 aromatic carbocycles. The molecular weight excluding hydrogens is 460 g/mol. The maximum absolute atomic E-state index is 11.6. The summed E-state index contributed by atoms with van der Waals surface area (Å²) in [5.41, 5.74) is 3.28. The van der Waals surface area contributed by atoms with Gasteiger partial charge in [-0.3, -0.25) is 4.18 Å². The number of benzene rings is 2. The first kappa shape index (κ1) is 21.0. The molecular formula is C21H21BrO4S2. The fourth-order valence-electron chi connectivity index (χ4n) is 3.02. The Morgan fingerprint density at radius 3 is 2.46 bits per heavy atom. The zero-order valence-corrected chi connectivity index (χ0v) is 18.8. The zero-order chi connectivity index (χ0) is 20.1. The zero-order valence-electron chi connectivity index (χ0n) is 15.6. The van der Waals surface area contributed by atoms with Crippen LogP contribution >= 0.6 is 27.3 Å². The summed E-state index contributed by atoms with van der Waals surface area (Å²) >= 11 is 5.24. The second-order valence-electron chi connectivity index (χ2n) is 6.44. The van der Waals surface area contributed by atoms with E-state index in [0.29, 0.717) is 6.42 Å². The molecule has 0 aliphatic heterocycles. The van der Waals surface area contributed by atoms with Gasteiger partial charge in [0.15, 0.2) is 0 Å². The van der Waals surface area contributed by atoms with Crippen molar-refractivity contribution in [2.24, 2.45) is 0 Å². The van der Waals surface area contributed by atoms with Crippen molar-refractivity contribution in [3.8, 4) is 16.2 Å². The van der Waals surface area contributed by atoms with E-state index in [2.05, 4.69) is 39.5 Å². The first-order chi connectivity index (χ1) is 13.4. The lowest BCUT2D eigenvalue weighted by Crippen LogP contribution is -2.15. The molecule has 0 spiro atoms. The van der Waals surface area contributed by atoms with Gasteiger partial charge in [-0.25, -0.2) is 0 Å². The van der Waals surface area contributed by atoms with Gasteiger partial charge in [-0.2, -0.15) is 8.42 Å². The average molecular weight is 481 g/mol. The first-order valence-electron chi connectivity index (χ1n) is 8.66. The molecule has 0 aliphatic carbocycles. The van der Waals surface area contributed by atoms with E-state index in [4.69, 9.17) is 8.92 Å². The van der Waals surface area contributed by atoms with Gasteiger partial charge in [0.05, 0.1) is 20.0 Å². The molecule has 0 saturated carbocycles. The van der Waals surface area contributed by atoms with E-state index < -0.39 is 10.1 Å². The molecule has 0 fully saturated rings. The van der Waals surface area contributed by atoms with E-state index in [0.717, 1.165) is 33.2 Å². The monoisotopic (exact) mass is 480 g/mol.